The van der Waals surface area contributed by atoms with E-state index in [4.69, 9.17) is 9.47 Å². The molecule has 0 spiro atoms. The van der Waals surface area contributed by atoms with Gasteiger partial charge in [-0.3, -0.25) is 4.79 Å². The molecule has 0 radical (unpaired) electrons. The maximum Gasteiger partial charge on any atom is 0.338 e. The maximum atomic E-state index is 12.0. The first kappa shape index (κ1) is 21.4. The van der Waals surface area contributed by atoms with Gasteiger partial charge in [0.15, 0.2) is 0 Å². The van der Waals surface area contributed by atoms with Crippen LogP contribution < -0.4 is 4.80 Å². The number of thiazole rings is 1. The largest absolute Gasteiger partial charge is 0.462 e. The van der Waals surface area contributed by atoms with Crippen LogP contribution in [0.4, 0.5) is 0 Å². The first-order valence-electron chi connectivity index (χ1n) is 9.51. The SMILES string of the molecule is CC(C)C(=O)OCCOC(=O)c1ccc(/C=N/N=c2\sc3ccccc3n2C)cc1. The molecular formula is C22H23N3O4S. The van der Waals surface area contributed by atoms with E-state index >= 15 is 0 Å². The molecule has 0 saturated carbocycles. The molecule has 3 aromatic rings. The number of ether oxygens (including phenoxy) is 2. The number of nitrogens with zero attached hydrogens (tertiary/aromatic N) is 3. The highest BCUT2D eigenvalue weighted by Gasteiger charge is 2.10. The van der Waals surface area contributed by atoms with Crippen LogP contribution in [0.1, 0.15) is 29.8 Å². The van der Waals surface area contributed by atoms with E-state index in [1.54, 1.807) is 55.7 Å². The van der Waals surface area contributed by atoms with Crippen LogP contribution in [0, 0.1) is 5.92 Å². The number of benzene rings is 2. The van der Waals surface area contributed by atoms with Crippen LogP contribution in [0.25, 0.3) is 10.2 Å². The Balaban J connectivity index is 1.56. The molecule has 0 amide bonds. The van der Waals surface area contributed by atoms with E-state index in [0.29, 0.717) is 5.56 Å². The van der Waals surface area contributed by atoms with Crippen molar-refractivity contribution in [3.8, 4) is 0 Å². The molecule has 8 heteroatoms. The summed E-state index contributed by atoms with van der Waals surface area (Å²) < 4.78 is 13.2. The van der Waals surface area contributed by atoms with Crippen LogP contribution in [0.15, 0.2) is 58.7 Å². The van der Waals surface area contributed by atoms with Gasteiger partial charge in [-0.25, -0.2) is 4.79 Å². The number of carbonyl (C=O) groups excluding carboxylic acids is 2. The van der Waals surface area contributed by atoms with Crippen LogP contribution in [0.5, 0.6) is 0 Å². The molecule has 0 N–H and O–H groups in total. The quantitative estimate of drug-likeness (QED) is 0.251. The number of carbonyl (C=O) groups is 2. The van der Waals surface area contributed by atoms with E-state index < -0.39 is 5.97 Å². The lowest BCUT2D eigenvalue weighted by Crippen LogP contribution is -2.17. The number of aromatic nitrogens is 1. The van der Waals surface area contributed by atoms with Gasteiger partial charge >= 0.3 is 11.9 Å². The number of fused-ring (bicyclic) bond motifs is 1. The van der Waals surface area contributed by atoms with Gasteiger partial charge in [0, 0.05) is 7.05 Å². The molecular weight excluding hydrogens is 402 g/mol. The second-order valence-electron chi connectivity index (χ2n) is 6.84. The fourth-order valence-electron chi connectivity index (χ4n) is 2.55. The predicted octanol–water partition coefficient (Wildman–Crippen LogP) is 3.53. The van der Waals surface area contributed by atoms with Crippen molar-refractivity contribution in [3.05, 3.63) is 64.5 Å². The minimum atomic E-state index is -0.471. The number of esters is 2. The highest BCUT2D eigenvalue weighted by Crippen LogP contribution is 2.15. The van der Waals surface area contributed by atoms with E-state index in [1.165, 1.54) is 0 Å². The first-order valence-corrected chi connectivity index (χ1v) is 10.3. The molecule has 156 valence electrons. The minimum absolute atomic E-state index is 0.0194. The molecule has 0 saturated heterocycles. The van der Waals surface area contributed by atoms with Gasteiger partial charge in [0.25, 0.3) is 0 Å². The minimum Gasteiger partial charge on any atom is -0.462 e. The van der Waals surface area contributed by atoms with E-state index in [9.17, 15) is 9.59 Å². The third-order valence-electron chi connectivity index (χ3n) is 4.24. The van der Waals surface area contributed by atoms with Gasteiger partial charge in [-0.2, -0.15) is 5.10 Å². The smallest absolute Gasteiger partial charge is 0.338 e. The summed E-state index contributed by atoms with van der Waals surface area (Å²) in [5.74, 6) is -0.992. The van der Waals surface area contributed by atoms with Crippen LogP contribution in [-0.4, -0.2) is 35.9 Å². The molecule has 0 aliphatic carbocycles. The van der Waals surface area contributed by atoms with Crippen molar-refractivity contribution in [1.29, 1.82) is 0 Å². The Morgan fingerprint density at radius 1 is 1.07 bits per heavy atom. The summed E-state index contributed by atoms with van der Waals surface area (Å²) in [6.07, 6.45) is 1.63. The molecule has 7 nitrogen and oxygen atoms in total. The van der Waals surface area contributed by atoms with E-state index in [2.05, 4.69) is 16.3 Å². The van der Waals surface area contributed by atoms with Crippen LogP contribution in [0.3, 0.4) is 0 Å². The average molecular weight is 426 g/mol. The zero-order chi connectivity index (χ0) is 21.5. The normalized spacial score (nSPS) is 12.1. The number of hydrogen-bond acceptors (Lipinski definition) is 7. The third kappa shape index (κ3) is 5.42. The summed E-state index contributed by atoms with van der Waals surface area (Å²) >= 11 is 1.57. The average Bonchev–Trinajstić information content (AvgIpc) is 3.07. The Morgan fingerprint density at radius 2 is 1.77 bits per heavy atom. The topological polar surface area (TPSA) is 82.2 Å². The molecule has 30 heavy (non-hydrogen) atoms. The van der Waals surface area contributed by atoms with Crippen molar-refractivity contribution in [2.45, 2.75) is 13.8 Å². The Bertz CT molecular complexity index is 1130. The Kier molecular flexibility index (Phi) is 7.13. The van der Waals surface area contributed by atoms with Crippen LogP contribution >= 0.6 is 11.3 Å². The highest BCUT2D eigenvalue weighted by atomic mass is 32.1. The summed E-state index contributed by atoms with van der Waals surface area (Å²) in [4.78, 5) is 24.2. The predicted molar refractivity (Wildman–Crippen MR) is 116 cm³/mol. The fraction of sp³-hybridized carbons (Fsp3) is 0.273. The molecule has 0 fully saturated rings. The lowest BCUT2D eigenvalue weighted by molar-refractivity contribution is -0.148. The van der Waals surface area contributed by atoms with Crippen molar-refractivity contribution in [2.24, 2.45) is 23.2 Å². The first-order chi connectivity index (χ1) is 14.5. The lowest BCUT2D eigenvalue weighted by atomic mass is 10.1. The van der Waals surface area contributed by atoms with Crippen LogP contribution in [0.2, 0.25) is 0 Å². The molecule has 0 unspecified atom stereocenters. The highest BCUT2D eigenvalue weighted by molar-refractivity contribution is 7.16. The van der Waals surface area contributed by atoms with Gasteiger partial charge in [-0.15, -0.1) is 5.10 Å². The fourth-order valence-corrected chi connectivity index (χ4v) is 3.53. The molecule has 3 rings (SSSR count). The van der Waals surface area contributed by atoms with Crippen molar-refractivity contribution >= 4 is 39.7 Å². The van der Waals surface area contributed by atoms with Gasteiger partial charge in [0.05, 0.1) is 27.9 Å². The summed E-state index contributed by atoms with van der Waals surface area (Å²) in [6.45, 7) is 3.56. The summed E-state index contributed by atoms with van der Waals surface area (Å²) in [5.41, 5.74) is 2.33. The van der Waals surface area contributed by atoms with Crippen molar-refractivity contribution in [2.75, 3.05) is 13.2 Å². The standard InChI is InChI=1S/C22H23N3O4S/c1-15(2)20(26)28-12-13-29-21(27)17-10-8-16(9-11-17)14-23-24-22-25(3)18-6-4-5-7-19(18)30-22/h4-11,14-15H,12-13H2,1-3H3/b23-14+,24-22-. The Labute approximate surface area is 178 Å². The Hall–Kier alpha value is -3.26. The van der Waals surface area contributed by atoms with E-state index in [1.807, 2.05) is 29.8 Å². The number of aryl methyl sites for hydroxylation is 1. The third-order valence-corrected chi connectivity index (χ3v) is 5.35. The van der Waals surface area contributed by atoms with E-state index in [-0.39, 0.29) is 25.1 Å². The van der Waals surface area contributed by atoms with Gasteiger partial charge in [0.2, 0.25) is 4.80 Å². The molecule has 0 bridgehead atoms. The molecule has 1 heterocycles. The molecule has 2 aromatic carbocycles. The molecule has 1 aromatic heterocycles. The monoisotopic (exact) mass is 425 g/mol. The van der Waals surface area contributed by atoms with Gasteiger partial charge < -0.3 is 14.0 Å². The second kappa shape index (κ2) is 9.98. The van der Waals surface area contributed by atoms with Crippen LogP contribution in [-0.2, 0) is 21.3 Å². The number of para-hydroxylation sites is 1. The van der Waals surface area contributed by atoms with Crippen molar-refractivity contribution < 1.29 is 19.1 Å². The second-order valence-corrected chi connectivity index (χ2v) is 7.85. The molecule has 0 aliphatic rings. The number of rotatable bonds is 7. The van der Waals surface area contributed by atoms with Gasteiger partial charge in [-0.05, 0) is 29.8 Å². The Morgan fingerprint density at radius 3 is 2.47 bits per heavy atom. The van der Waals surface area contributed by atoms with Gasteiger partial charge in [0.1, 0.15) is 13.2 Å². The summed E-state index contributed by atoms with van der Waals surface area (Å²) in [6, 6.07) is 14.9. The molecule has 0 atom stereocenters. The summed E-state index contributed by atoms with van der Waals surface area (Å²) in [7, 11) is 1.96. The van der Waals surface area contributed by atoms with E-state index in [0.717, 1.165) is 20.6 Å². The van der Waals surface area contributed by atoms with Gasteiger partial charge in [-0.1, -0.05) is 49.4 Å². The molecule has 0 aliphatic heterocycles. The lowest BCUT2D eigenvalue weighted by Gasteiger charge is -2.08. The zero-order valence-electron chi connectivity index (χ0n) is 17.1. The maximum absolute atomic E-state index is 12.0. The number of hydrogen-bond donors (Lipinski definition) is 0. The van der Waals surface area contributed by atoms with Crippen molar-refractivity contribution in [1.82, 2.24) is 4.57 Å². The van der Waals surface area contributed by atoms with Crippen molar-refractivity contribution in [3.63, 3.8) is 0 Å². The summed E-state index contributed by atoms with van der Waals surface area (Å²) in [5, 5.41) is 8.45. The zero-order valence-corrected chi connectivity index (χ0v) is 17.9.